The van der Waals surface area contributed by atoms with E-state index in [0.717, 1.165) is 18.2 Å². The van der Waals surface area contributed by atoms with Crippen LogP contribution in [0, 0.1) is 12.7 Å². The molecular weight excluding hydrogens is 274 g/mol. The molecule has 0 aliphatic carbocycles. The minimum absolute atomic E-state index is 0.0905. The van der Waals surface area contributed by atoms with E-state index in [1.807, 2.05) is 0 Å². The number of halogens is 4. The molecule has 0 bridgehead atoms. The van der Waals surface area contributed by atoms with Crippen LogP contribution in [0.4, 0.5) is 23.2 Å². The summed E-state index contributed by atoms with van der Waals surface area (Å²) in [4.78, 5) is 0. The summed E-state index contributed by atoms with van der Waals surface area (Å²) in [5.41, 5.74) is 5.08. The number of anilines is 1. The molecule has 2 N–H and O–H groups in total. The monoisotopic (exact) mass is 285 g/mol. The van der Waals surface area contributed by atoms with Crippen molar-refractivity contribution in [3.05, 3.63) is 53.3 Å². The Hall–Kier alpha value is -2.24. The summed E-state index contributed by atoms with van der Waals surface area (Å²) in [5, 5.41) is 0. The average molecular weight is 285 g/mol. The van der Waals surface area contributed by atoms with Crippen molar-refractivity contribution in [2.45, 2.75) is 13.1 Å². The molecule has 106 valence electrons. The van der Waals surface area contributed by atoms with E-state index in [4.69, 9.17) is 10.5 Å². The van der Waals surface area contributed by atoms with Crippen molar-refractivity contribution >= 4 is 5.69 Å². The van der Waals surface area contributed by atoms with Crippen LogP contribution in [0.15, 0.2) is 36.4 Å². The molecule has 2 nitrogen and oxygen atoms in total. The molecule has 20 heavy (non-hydrogen) atoms. The highest BCUT2D eigenvalue weighted by Crippen LogP contribution is 2.35. The minimum atomic E-state index is -4.46. The lowest BCUT2D eigenvalue weighted by atomic mass is 10.1. The second-order valence-corrected chi connectivity index (χ2v) is 4.26. The van der Waals surface area contributed by atoms with Gasteiger partial charge >= 0.3 is 6.18 Å². The zero-order valence-corrected chi connectivity index (χ0v) is 10.5. The fraction of sp³-hybridized carbons (Fsp3) is 0.143. The summed E-state index contributed by atoms with van der Waals surface area (Å²) in [6.07, 6.45) is -4.46. The first-order valence-corrected chi connectivity index (χ1v) is 5.68. The largest absolute Gasteiger partial charge is 0.455 e. The fourth-order valence-electron chi connectivity index (χ4n) is 1.66. The normalized spacial score (nSPS) is 11.4. The van der Waals surface area contributed by atoms with Crippen LogP contribution in [0.3, 0.4) is 0 Å². The molecule has 0 aliphatic heterocycles. The van der Waals surface area contributed by atoms with Crippen LogP contribution in [-0.2, 0) is 6.18 Å². The van der Waals surface area contributed by atoms with Gasteiger partial charge in [-0.3, -0.25) is 0 Å². The Kier molecular flexibility index (Phi) is 3.57. The molecule has 6 heteroatoms. The lowest BCUT2D eigenvalue weighted by Gasteiger charge is -2.13. The number of nitrogens with two attached hydrogens (primary N) is 1. The minimum Gasteiger partial charge on any atom is -0.455 e. The number of rotatable bonds is 2. The first-order valence-electron chi connectivity index (χ1n) is 5.68. The van der Waals surface area contributed by atoms with Crippen molar-refractivity contribution in [3.8, 4) is 11.5 Å². The topological polar surface area (TPSA) is 35.2 Å². The van der Waals surface area contributed by atoms with Crippen LogP contribution in [0.1, 0.15) is 11.1 Å². The van der Waals surface area contributed by atoms with E-state index >= 15 is 0 Å². The van der Waals surface area contributed by atoms with Gasteiger partial charge in [-0.1, -0.05) is 0 Å². The smallest absolute Gasteiger partial charge is 0.416 e. The highest BCUT2D eigenvalue weighted by atomic mass is 19.4. The predicted octanol–water partition coefficient (Wildman–Crippen LogP) is 4.53. The molecular formula is C14H11F4NO. The molecule has 0 unspecified atom stereocenters. The number of benzene rings is 2. The van der Waals surface area contributed by atoms with Gasteiger partial charge in [-0.05, 0) is 48.9 Å². The maximum atomic E-state index is 12.9. The lowest BCUT2D eigenvalue weighted by Crippen LogP contribution is -2.06. The number of hydrogen-bond acceptors (Lipinski definition) is 2. The van der Waals surface area contributed by atoms with Crippen LogP contribution in [0.25, 0.3) is 0 Å². The highest BCUT2D eigenvalue weighted by molar-refractivity contribution is 5.56. The number of aryl methyl sites for hydroxylation is 1. The highest BCUT2D eigenvalue weighted by Gasteiger charge is 2.31. The van der Waals surface area contributed by atoms with Gasteiger partial charge < -0.3 is 10.5 Å². The van der Waals surface area contributed by atoms with Crippen LogP contribution >= 0.6 is 0 Å². The SMILES string of the molecule is Cc1cc(F)ccc1Oc1ccc(C(F)(F)F)cc1N. The van der Waals surface area contributed by atoms with Gasteiger partial charge in [-0.2, -0.15) is 13.2 Å². The number of nitrogen functional groups attached to an aromatic ring is 1. The molecule has 2 aromatic carbocycles. The van der Waals surface area contributed by atoms with E-state index in [0.29, 0.717) is 11.3 Å². The maximum absolute atomic E-state index is 12.9. The zero-order valence-electron chi connectivity index (χ0n) is 10.5. The quantitative estimate of drug-likeness (QED) is 0.650. The van der Waals surface area contributed by atoms with Gasteiger partial charge in [0.25, 0.3) is 0 Å². The van der Waals surface area contributed by atoms with E-state index in [1.54, 1.807) is 6.92 Å². The number of hydrogen-bond donors (Lipinski definition) is 1. The molecule has 0 heterocycles. The van der Waals surface area contributed by atoms with Crippen molar-refractivity contribution in [2.75, 3.05) is 5.73 Å². The van der Waals surface area contributed by atoms with Crippen LogP contribution < -0.4 is 10.5 Å². The third-order valence-electron chi connectivity index (χ3n) is 2.69. The van der Waals surface area contributed by atoms with Crippen LogP contribution in [-0.4, -0.2) is 0 Å². The Morgan fingerprint density at radius 2 is 1.65 bits per heavy atom. The van der Waals surface area contributed by atoms with Gasteiger partial charge in [0.2, 0.25) is 0 Å². The van der Waals surface area contributed by atoms with E-state index < -0.39 is 17.6 Å². The van der Waals surface area contributed by atoms with Gasteiger partial charge in [-0.25, -0.2) is 4.39 Å². The summed E-state index contributed by atoms with van der Waals surface area (Å²) in [5.74, 6) is 0.000748. The summed E-state index contributed by atoms with van der Waals surface area (Å²) in [6, 6.07) is 6.67. The summed E-state index contributed by atoms with van der Waals surface area (Å²) >= 11 is 0. The third kappa shape index (κ3) is 3.01. The average Bonchev–Trinajstić information content (AvgIpc) is 2.33. The van der Waals surface area contributed by atoms with Gasteiger partial charge in [-0.15, -0.1) is 0 Å². The summed E-state index contributed by atoms with van der Waals surface area (Å²) < 4.78 is 55.8. The standard InChI is InChI=1S/C14H11F4NO/c1-8-6-10(15)3-5-12(8)20-13-4-2-9(7-11(13)19)14(16,17)18/h2-7H,19H2,1H3. The molecule has 0 fully saturated rings. The van der Waals surface area contributed by atoms with Crippen molar-refractivity contribution in [1.82, 2.24) is 0 Å². The molecule has 0 aromatic heterocycles. The molecule has 0 amide bonds. The lowest BCUT2D eigenvalue weighted by molar-refractivity contribution is -0.137. The van der Waals surface area contributed by atoms with Gasteiger partial charge in [0.1, 0.15) is 17.3 Å². The van der Waals surface area contributed by atoms with E-state index in [2.05, 4.69) is 0 Å². The van der Waals surface area contributed by atoms with Crippen molar-refractivity contribution < 1.29 is 22.3 Å². The van der Waals surface area contributed by atoms with E-state index in [1.165, 1.54) is 18.2 Å². The van der Waals surface area contributed by atoms with Gasteiger partial charge in [0.15, 0.2) is 0 Å². The molecule has 2 rings (SSSR count). The number of alkyl halides is 3. The van der Waals surface area contributed by atoms with E-state index in [-0.39, 0.29) is 11.4 Å². The zero-order chi connectivity index (χ0) is 14.9. The predicted molar refractivity (Wildman–Crippen MR) is 67.1 cm³/mol. The Morgan fingerprint density at radius 1 is 1.00 bits per heavy atom. The second kappa shape index (κ2) is 5.03. The summed E-state index contributed by atoms with van der Waals surface area (Å²) in [7, 11) is 0. The van der Waals surface area contributed by atoms with Crippen LogP contribution in [0.5, 0.6) is 11.5 Å². The number of ether oxygens (including phenoxy) is 1. The molecule has 2 aromatic rings. The molecule has 0 atom stereocenters. The second-order valence-electron chi connectivity index (χ2n) is 4.26. The molecule has 0 aliphatic rings. The Balaban J connectivity index is 2.30. The molecule has 0 spiro atoms. The first kappa shape index (κ1) is 14.2. The molecule has 0 saturated carbocycles. The van der Waals surface area contributed by atoms with Crippen LogP contribution in [0.2, 0.25) is 0 Å². The van der Waals surface area contributed by atoms with E-state index in [9.17, 15) is 17.6 Å². The van der Waals surface area contributed by atoms with Gasteiger partial charge in [0, 0.05) is 0 Å². The Labute approximate surface area is 112 Å². The van der Waals surface area contributed by atoms with Crippen molar-refractivity contribution in [2.24, 2.45) is 0 Å². The summed E-state index contributed by atoms with van der Waals surface area (Å²) in [6.45, 7) is 1.62. The fourth-order valence-corrected chi connectivity index (χ4v) is 1.66. The Morgan fingerprint density at radius 3 is 2.20 bits per heavy atom. The maximum Gasteiger partial charge on any atom is 0.416 e. The van der Waals surface area contributed by atoms with Crippen molar-refractivity contribution in [3.63, 3.8) is 0 Å². The Bertz CT molecular complexity index is 638. The third-order valence-corrected chi connectivity index (χ3v) is 2.69. The first-order chi connectivity index (χ1) is 9.27. The van der Waals surface area contributed by atoms with Crippen molar-refractivity contribution in [1.29, 1.82) is 0 Å². The van der Waals surface area contributed by atoms with Gasteiger partial charge in [0.05, 0.1) is 11.3 Å². The molecule has 0 saturated heterocycles. The molecule has 0 radical (unpaired) electrons.